The molecule has 0 radical (unpaired) electrons. The van der Waals surface area contributed by atoms with Crippen LogP contribution in [0.4, 0.5) is 5.82 Å². The quantitative estimate of drug-likeness (QED) is 0.920. The molecule has 3 nitrogen and oxygen atoms in total. The van der Waals surface area contributed by atoms with Crippen LogP contribution in [0, 0.1) is 0 Å². The first-order valence-electron chi connectivity index (χ1n) is 6.69. The van der Waals surface area contributed by atoms with Crippen molar-refractivity contribution in [2.24, 2.45) is 5.73 Å². The lowest BCUT2D eigenvalue weighted by atomic mass is 10.2. The van der Waals surface area contributed by atoms with Crippen molar-refractivity contribution >= 4 is 27.2 Å². The van der Waals surface area contributed by atoms with Crippen LogP contribution in [0.5, 0.6) is 0 Å². The van der Waals surface area contributed by atoms with Gasteiger partial charge in [-0.25, -0.2) is 4.98 Å². The molecule has 4 heteroatoms. The maximum absolute atomic E-state index is 5.79. The van der Waals surface area contributed by atoms with Gasteiger partial charge in [-0.3, -0.25) is 0 Å². The lowest BCUT2D eigenvalue weighted by Gasteiger charge is -2.30. The summed E-state index contributed by atoms with van der Waals surface area (Å²) < 4.78 is 1.32. The highest BCUT2D eigenvalue weighted by Gasteiger charge is 2.24. The summed E-state index contributed by atoms with van der Waals surface area (Å²) in [7, 11) is 0. The van der Waals surface area contributed by atoms with Crippen LogP contribution in [-0.4, -0.2) is 24.1 Å². The van der Waals surface area contributed by atoms with Gasteiger partial charge >= 0.3 is 0 Å². The van der Waals surface area contributed by atoms with E-state index in [1.165, 1.54) is 35.8 Å². The van der Waals surface area contributed by atoms with Crippen molar-refractivity contribution in [3.8, 4) is 0 Å². The second-order valence-electron chi connectivity index (χ2n) is 4.89. The largest absolute Gasteiger partial charge is 0.352 e. The van der Waals surface area contributed by atoms with Gasteiger partial charge in [-0.05, 0) is 30.4 Å². The van der Waals surface area contributed by atoms with Gasteiger partial charge in [0.25, 0.3) is 0 Å². The molecule has 96 valence electrons. The van der Waals surface area contributed by atoms with E-state index in [1.807, 2.05) is 6.20 Å². The number of rotatable bonds is 4. The Morgan fingerprint density at radius 3 is 2.94 bits per heavy atom. The molecule has 0 unspecified atom stereocenters. The van der Waals surface area contributed by atoms with Crippen molar-refractivity contribution in [2.45, 2.75) is 31.7 Å². The number of aromatic nitrogens is 1. The first-order valence-corrected chi connectivity index (χ1v) is 7.57. The third kappa shape index (κ3) is 2.10. The minimum atomic E-state index is 0.631. The number of pyridine rings is 1. The molecule has 1 saturated carbocycles. The van der Waals surface area contributed by atoms with Crippen LogP contribution in [0.15, 0.2) is 23.7 Å². The lowest BCUT2D eigenvalue weighted by molar-refractivity contribution is 0.604. The van der Waals surface area contributed by atoms with Crippen molar-refractivity contribution in [3.63, 3.8) is 0 Å². The van der Waals surface area contributed by atoms with Gasteiger partial charge in [0.1, 0.15) is 5.82 Å². The Hall–Kier alpha value is -1.13. The van der Waals surface area contributed by atoms with E-state index < -0.39 is 0 Å². The number of fused-ring (bicyclic) bond motifs is 1. The highest BCUT2D eigenvalue weighted by Crippen LogP contribution is 2.33. The molecule has 1 fully saturated rings. The standard InChI is InChI=1S/C14H19N3S/c15-7-9-17(11-3-1-2-4-11)14-12-6-10-18-13(12)5-8-16-14/h5-6,8,10-11H,1-4,7,9,15H2. The first kappa shape index (κ1) is 11.9. The van der Waals surface area contributed by atoms with Crippen LogP contribution in [0.1, 0.15) is 25.7 Å². The van der Waals surface area contributed by atoms with Gasteiger partial charge in [0.05, 0.1) is 0 Å². The average molecular weight is 261 g/mol. The average Bonchev–Trinajstić information content (AvgIpc) is 3.06. The molecule has 3 rings (SSSR count). The summed E-state index contributed by atoms with van der Waals surface area (Å²) in [6, 6.07) is 4.91. The third-order valence-electron chi connectivity index (χ3n) is 3.77. The predicted octanol–water partition coefficient (Wildman–Crippen LogP) is 3.00. The first-order chi connectivity index (χ1) is 8.90. The molecule has 0 amide bonds. The number of hydrogen-bond donors (Lipinski definition) is 1. The Labute approximate surface area is 112 Å². The van der Waals surface area contributed by atoms with Crippen molar-refractivity contribution in [3.05, 3.63) is 23.7 Å². The van der Waals surface area contributed by atoms with Gasteiger partial charge in [0.15, 0.2) is 0 Å². The normalized spacial score (nSPS) is 16.5. The molecule has 1 aliphatic rings. The zero-order valence-corrected chi connectivity index (χ0v) is 11.3. The molecule has 0 bridgehead atoms. The molecule has 2 aromatic heterocycles. The minimum absolute atomic E-state index is 0.631. The van der Waals surface area contributed by atoms with Crippen molar-refractivity contribution < 1.29 is 0 Å². The van der Waals surface area contributed by atoms with E-state index in [9.17, 15) is 0 Å². The van der Waals surface area contributed by atoms with Gasteiger partial charge in [0, 0.05) is 35.4 Å². The number of anilines is 1. The highest BCUT2D eigenvalue weighted by molar-refractivity contribution is 7.17. The monoisotopic (exact) mass is 261 g/mol. The molecule has 0 aliphatic heterocycles. The molecule has 1 aliphatic carbocycles. The summed E-state index contributed by atoms with van der Waals surface area (Å²) in [5, 5.41) is 3.42. The molecule has 2 N–H and O–H groups in total. The molecule has 0 atom stereocenters. The lowest BCUT2D eigenvalue weighted by Crippen LogP contribution is -2.38. The molecule has 2 heterocycles. The smallest absolute Gasteiger partial charge is 0.137 e. The van der Waals surface area contributed by atoms with E-state index in [4.69, 9.17) is 5.73 Å². The van der Waals surface area contributed by atoms with Crippen LogP contribution >= 0.6 is 11.3 Å². The molecular formula is C14H19N3S. The van der Waals surface area contributed by atoms with E-state index in [0.29, 0.717) is 12.6 Å². The van der Waals surface area contributed by atoms with E-state index >= 15 is 0 Å². The number of thiophene rings is 1. The zero-order chi connectivity index (χ0) is 12.4. The van der Waals surface area contributed by atoms with Crippen LogP contribution in [-0.2, 0) is 0 Å². The topological polar surface area (TPSA) is 42.1 Å². The van der Waals surface area contributed by atoms with Crippen LogP contribution in [0.25, 0.3) is 10.1 Å². The van der Waals surface area contributed by atoms with Crippen LogP contribution < -0.4 is 10.6 Å². The molecule has 2 aromatic rings. The third-order valence-corrected chi connectivity index (χ3v) is 4.65. The molecule has 0 spiro atoms. The summed E-state index contributed by atoms with van der Waals surface area (Å²) in [5.74, 6) is 1.13. The van der Waals surface area contributed by atoms with Crippen molar-refractivity contribution in [1.29, 1.82) is 0 Å². The van der Waals surface area contributed by atoms with Crippen molar-refractivity contribution in [1.82, 2.24) is 4.98 Å². The fraction of sp³-hybridized carbons (Fsp3) is 0.500. The number of nitrogens with zero attached hydrogens (tertiary/aromatic N) is 2. The van der Waals surface area contributed by atoms with Gasteiger partial charge in [-0.1, -0.05) is 12.8 Å². The SMILES string of the molecule is NCCN(c1nccc2sccc12)C1CCCC1. The predicted molar refractivity (Wildman–Crippen MR) is 78.3 cm³/mol. The van der Waals surface area contributed by atoms with Gasteiger partial charge in [0.2, 0.25) is 0 Å². The molecule has 18 heavy (non-hydrogen) atoms. The highest BCUT2D eigenvalue weighted by atomic mass is 32.1. The van der Waals surface area contributed by atoms with E-state index in [-0.39, 0.29) is 0 Å². The Bertz CT molecular complexity index is 516. The number of hydrogen-bond acceptors (Lipinski definition) is 4. The van der Waals surface area contributed by atoms with Gasteiger partial charge in [-0.15, -0.1) is 11.3 Å². The van der Waals surface area contributed by atoms with Crippen molar-refractivity contribution in [2.75, 3.05) is 18.0 Å². The zero-order valence-electron chi connectivity index (χ0n) is 10.5. The Balaban J connectivity index is 2.00. The summed E-state index contributed by atoms with van der Waals surface area (Å²) in [6.07, 6.45) is 7.16. The fourth-order valence-corrected chi connectivity index (χ4v) is 3.70. The van der Waals surface area contributed by atoms with Crippen LogP contribution in [0.2, 0.25) is 0 Å². The molecule has 0 aromatic carbocycles. The fourth-order valence-electron chi connectivity index (χ4n) is 2.93. The Morgan fingerprint density at radius 2 is 2.17 bits per heavy atom. The second-order valence-corrected chi connectivity index (χ2v) is 5.84. The van der Waals surface area contributed by atoms with Gasteiger partial charge < -0.3 is 10.6 Å². The molecule has 0 saturated heterocycles. The number of nitrogens with two attached hydrogens (primary N) is 1. The molecular weight excluding hydrogens is 242 g/mol. The second kappa shape index (κ2) is 5.24. The summed E-state index contributed by atoms with van der Waals surface area (Å²) in [6.45, 7) is 1.60. The summed E-state index contributed by atoms with van der Waals surface area (Å²) in [4.78, 5) is 7.05. The van der Waals surface area contributed by atoms with E-state index in [1.54, 1.807) is 11.3 Å². The Morgan fingerprint density at radius 1 is 1.33 bits per heavy atom. The summed E-state index contributed by atoms with van der Waals surface area (Å²) in [5.41, 5.74) is 5.79. The van der Waals surface area contributed by atoms with E-state index in [2.05, 4.69) is 27.4 Å². The van der Waals surface area contributed by atoms with Crippen LogP contribution in [0.3, 0.4) is 0 Å². The Kier molecular flexibility index (Phi) is 3.48. The maximum atomic E-state index is 5.79. The maximum Gasteiger partial charge on any atom is 0.137 e. The minimum Gasteiger partial charge on any atom is -0.352 e. The summed E-state index contributed by atoms with van der Waals surface area (Å²) >= 11 is 1.78. The van der Waals surface area contributed by atoms with Gasteiger partial charge in [-0.2, -0.15) is 0 Å². The van der Waals surface area contributed by atoms with E-state index in [0.717, 1.165) is 12.4 Å².